The van der Waals surface area contributed by atoms with Crippen molar-refractivity contribution in [3.63, 3.8) is 0 Å². The van der Waals surface area contributed by atoms with E-state index in [0.717, 1.165) is 0 Å². The zero-order valence-corrected chi connectivity index (χ0v) is 28.0. The zero-order chi connectivity index (χ0) is 33.8. The summed E-state index contributed by atoms with van der Waals surface area (Å²) in [6, 6.07) is 23.7. The standard InChI is InChI=1S/C35H33ClN4O7S/c1-44-32-18-22(19-33(45-2)34(32)46-3)29-21-25(24-8-4-6-10-27(24)37-29)35(41)38-30-20-23(12-13-31(30)40-14-16-47-17-15-40)48(42,43)39-28-11-7-5-9-26(28)36/h4-13,18-21,39H,14-17H2,1-3H3,(H,38,41). The van der Waals surface area contributed by atoms with Gasteiger partial charge in [-0.25, -0.2) is 13.4 Å². The Morgan fingerprint density at radius 3 is 2.23 bits per heavy atom. The van der Waals surface area contributed by atoms with E-state index in [-0.39, 0.29) is 15.6 Å². The molecule has 48 heavy (non-hydrogen) atoms. The molecule has 0 spiro atoms. The third kappa shape index (κ3) is 6.68. The summed E-state index contributed by atoms with van der Waals surface area (Å²) in [5, 5.41) is 3.88. The summed E-state index contributed by atoms with van der Waals surface area (Å²) in [6.45, 7) is 2.12. The quantitative estimate of drug-likeness (QED) is 0.170. The summed E-state index contributed by atoms with van der Waals surface area (Å²) in [5.74, 6) is 0.847. The number of halogens is 1. The number of methoxy groups -OCH3 is 3. The Hall–Kier alpha value is -5.04. The van der Waals surface area contributed by atoms with Crippen LogP contribution in [0.1, 0.15) is 10.4 Å². The van der Waals surface area contributed by atoms with Gasteiger partial charge in [0.25, 0.3) is 15.9 Å². The first kappa shape index (κ1) is 32.9. The smallest absolute Gasteiger partial charge is 0.262 e. The van der Waals surface area contributed by atoms with Gasteiger partial charge in [-0.05, 0) is 54.6 Å². The second kappa shape index (κ2) is 14.0. The van der Waals surface area contributed by atoms with E-state index in [1.165, 1.54) is 33.5 Å². The summed E-state index contributed by atoms with van der Waals surface area (Å²) < 4.78 is 51.7. The fourth-order valence-corrected chi connectivity index (χ4v) is 6.88. The summed E-state index contributed by atoms with van der Waals surface area (Å²) in [5.41, 5.74) is 3.27. The van der Waals surface area contributed by atoms with E-state index < -0.39 is 15.9 Å². The first-order valence-electron chi connectivity index (χ1n) is 15.0. The van der Waals surface area contributed by atoms with E-state index in [2.05, 4.69) is 10.0 Å². The molecule has 0 bridgehead atoms. The van der Waals surface area contributed by atoms with Crippen molar-refractivity contribution < 1.29 is 32.2 Å². The molecular formula is C35H33ClN4O7S. The molecule has 1 aliphatic rings. The number of carbonyl (C=O) groups is 1. The number of nitrogens with one attached hydrogen (secondary N) is 2. The predicted octanol–water partition coefficient (Wildman–Crippen LogP) is 6.47. The number of nitrogens with zero attached hydrogens (tertiary/aromatic N) is 2. The molecule has 11 nitrogen and oxygen atoms in total. The summed E-state index contributed by atoms with van der Waals surface area (Å²) in [6.07, 6.45) is 0. The topological polar surface area (TPSA) is 128 Å². The van der Waals surface area contributed by atoms with Gasteiger partial charge in [-0.1, -0.05) is 41.9 Å². The number of anilines is 3. The first-order valence-corrected chi connectivity index (χ1v) is 16.8. The zero-order valence-electron chi connectivity index (χ0n) is 26.4. The van der Waals surface area contributed by atoms with Gasteiger partial charge in [-0.15, -0.1) is 0 Å². The molecule has 0 aliphatic carbocycles. The highest BCUT2D eigenvalue weighted by Gasteiger charge is 2.24. The second-order valence-corrected chi connectivity index (χ2v) is 12.9. The lowest BCUT2D eigenvalue weighted by molar-refractivity contribution is 0.102. The van der Waals surface area contributed by atoms with Gasteiger partial charge in [0.05, 0.1) is 78.3 Å². The molecule has 6 rings (SSSR count). The molecule has 1 saturated heterocycles. The molecule has 13 heteroatoms. The summed E-state index contributed by atoms with van der Waals surface area (Å²) in [7, 11) is 0.499. The van der Waals surface area contributed by atoms with Crippen LogP contribution in [0.15, 0.2) is 89.8 Å². The number of para-hydroxylation sites is 2. The van der Waals surface area contributed by atoms with Crippen LogP contribution in [-0.2, 0) is 14.8 Å². The molecule has 1 aromatic heterocycles. The molecule has 1 amide bonds. The van der Waals surface area contributed by atoms with E-state index in [1.54, 1.807) is 48.5 Å². The predicted molar refractivity (Wildman–Crippen MR) is 187 cm³/mol. The number of pyridine rings is 1. The van der Waals surface area contributed by atoms with Gasteiger partial charge in [0.2, 0.25) is 5.75 Å². The third-order valence-corrected chi connectivity index (χ3v) is 9.61. The fraction of sp³-hybridized carbons (Fsp3) is 0.200. The molecular weight excluding hydrogens is 656 g/mol. The summed E-state index contributed by atoms with van der Waals surface area (Å²) in [4.78, 5) is 21.1. The van der Waals surface area contributed by atoms with Gasteiger partial charge in [-0.3, -0.25) is 9.52 Å². The van der Waals surface area contributed by atoms with Gasteiger partial charge in [0, 0.05) is 24.0 Å². The van der Waals surface area contributed by atoms with Crippen molar-refractivity contribution in [1.29, 1.82) is 0 Å². The van der Waals surface area contributed by atoms with Gasteiger partial charge >= 0.3 is 0 Å². The molecule has 0 unspecified atom stereocenters. The Bertz CT molecular complexity index is 2080. The van der Waals surface area contributed by atoms with Crippen LogP contribution in [0, 0.1) is 0 Å². The number of amides is 1. The first-order chi connectivity index (χ1) is 23.2. The van der Waals surface area contributed by atoms with Crippen LogP contribution in [-0.4, -0.2) is 66.9 Å². The Kier molecular flexibility index (Phi) is 9.58. The van der Waals surface area contributed by atoms with Crippen LogP contribution in [0.4, 0.5) is 17.1 Å². The highest BCUT2D eigenvalue weighted by Crippen LogP contribution is 2.41. The van der Waals surface area contributed by atoms with Crippen molar-refractivity contribution in [3.8, 4) is 28.5 Å². The Labute approximate surface area is 283 Å². The van der Waals surface area contributed by atoms with Crippen LogP contribution in [0.25, 0.3) is 22.2 Å². The highest BCUT2D eigenvalue weighted by atomic mass is 35.5. The minimum absolute atomic E-state index is 0.0487. The minimum atomic E-state index is -4.08. The average molecular weight is 689 g/mol. The number of sulfonamides is 1. The van der Waals surface area contributed by atoms with E-state index in [1.807, 2.05) is 29.2 Å². The molecule has 4 aromatic carbocycles. The molecule has 0 saturated carbocycles. The van der Waals surface area contributed by atoms with Crippen LogP contribution >= 0.6 is 11.6 Å². The Balaban J connectivity index is 1.43. The maximum atomic E-state index is 14.3. The molecule has 0 radical (unpaired) electrons. The monoisotopic (exact) mass is 688 g/mol. The number of fused-ring (bicyclic) bond motifs is 1. The lowest BCUT2D eigenvalue weighted by atomic mass is 10.0. The van der Waals surface area contributed by atoms with Crippen molar-refractivity contribution in [3.05, 3.63) is 95.5 Å². The lowest BCUT2D eigenvalue weighted by Gasteiger charge is -2.31. The second-order valence-electron chi connectivity index (χ2n) is 10.8. The average Bonchev–Trinajstić information content (AvgIpc) is 3.11. The largest absolute Gasteiger partial charge is 0.493 e. The molecule has 1 fully saturated rings. The number of morpholine rings is 1. The molecule has 0 atom stereocenters. The molecule has 5 aromatic rings. The molecule has 1 aliphatic heterocycles. The van der Waals surface area contributed by atoms with Crippen molar-refractivity contribution in [2.75, 3.05) is 62.6 Å². The van der Waals surface area contributed by atoms with Crippen molar-refractivity contribution in [1.82, 2.24) is 4.98 Å². The van der Waals surface area contributed by atoms with Crippen molar-refractivity contribution >= 4 is 55.5 Å². The number of ether oxygens (including phenoxy) is 4. The number of benzene rings is 4. The number of hydrogen-bond acceptors (Lipinski definition) is 9. The number of aromatic nitrogens is 1. The van der Waals surface area contributed by atoms with E-state index in [0.29, 0.717) is 82.7 Å². The maximum Gasteiger partial charge on any atom is 0.262 e. The number of hydrogen-bond donors (Lipinski definition) is 2. The number of rotatable bonds is 10. The van der Waals surface area contributed by atoms with Crippen molar-refractivity contribution in [2.24, 2.45) is 0 Å². The van der Waals surface area contributed by atoms with Gasteiger partial charge in [-0.2, -0.15) is 0 Å². The third-order valence-electron chi connectivity index (χ3n) is 7.92. The van der Waals surface area contributed by atoms with Crippen LogP contribution in [0.2, 0.25) is 5.02 Å². The highest BCUT2D eigenvalue weighted by molar-refractivity contribution is 7.92. The van der Waals surface area contributed by atoms with E-state index in [4.69, 9.17) is 35.5 Å². The van der Waals surface area contributed by atoms with E-state index in [9.17, 15) is 13.2 Å². The van der Waals surface area contributed by atoms with Crippen molar-refractivity contribution in [2.45, 2.75) is 4.90 Å². The maximum absolute atomic E-state index is 14.3. The minimum Gasteiger partial charge on any atom is -0.493 e. The molecule has 248 valence electrons. The Morgan fingerprint density at radius 1 is 0.854 bits per heavy atom. The van der Waals surface area contributed by atoms with E-state index >= 15 is 0 Å². The summed E-state index contributed by atoms with van der Waals surface area (Å²) >= 11 is 6.24. The van der Waals surface area contributed by atoms with Crippen LogP contribution in [0.5, 0.6) is 17.2 Å². The van der Waals surface area contributed by atoms with Gasteiger partial charge in [0.15, 0.2) is 11.5 Å². The Morgan fingerprint density at radius 2 is 1.54 bits per heavy atom. The molecule has 2 N–H and O–H groups in total. The fourth-order valence-electron chi connectivity index (χ4n) is 5.54. The lowest BCUT2D eigenvalue weighted by Crippen LogP contribution is -2.36. The van der Waals surface area contributed by atoms with Crippen LogP contribution < -0.4 is 29.1 Å². The van der Waals surface area contributed by atoms with Gasteiger partial charge < -0.3 is 29.2 Å². The van der Waals surface area contributed by atoms with Crippen LogP contribution in [0.3, 0.4) is 0 Å². The number of carbonyl (C=O) groups excluding carboxylic acids is 1. The normalized spacial score (nSPS) is 13.2. The molecule has 2 heterocycles. The van der Waals surface area contributed by atoms with Gasteiger partial charge in [0.1, 0.15) is 0 Å². The SMILES string of the molecule is COc1cc(-c2cc(C(=O)Nc3cc(S(=O)(=O)Nc4ccccc4Cl)ccc3N3CCOCC3)c3ccccc3n2)cc(OC)c1OC.